The van der Waals surface area contributed by atoms with Gasteiger partial charge in [-0.15, -0.1) is 0 Å². The second-order valence-electron chi connectivity index (χ2n) is 6.20. The maximum atomic E-state index is 12.0. The van der Waals surface area contributed by atoms with Crippen LogP contribution in [0.5, 0.6) is 5.88 Å². The molecule has 1 aromatic rings. The van der Waals surface area contributed by atoms with Crippen LogP contribution in [0, 0.1) is 0 Å². The molecule has 3 amide bonds. The highest BCUT2D eigenvalue weighted by Crippen LogP contribution is 2.22. The van der Waals surface area contributed by atoms with Crippen molar-refractivity contribution in [1.29, 1.82) is 0 Å². The molecule has 1 saturated heterocycles. The molecule has 0 bridgehead atoms. The fourth-order valence-electron chi connectivity index (χ4n) is 3.13. The summed E-state index contributed by atoms with van der Waals surface area (Å²) in [7, 11) is 0. The lowest BCUT2D eigenvalue weighted by Gasteiger charge is -2.29. The molecule has 0 spiro atoms. The van der Waals surface area contributed by atoms with Gasteiger partial charge in [0.25, 0.3) is 0 Å². The molecule has 2 heterocycles. The predicted octanol–water partition coefficient (Wildman–Crippen LogP) is 1.04. The van der Waals surface area contributed by atoms with E-state index in [1.807, 2.05) is 18.2 Å². The van der Waals surface area contributed by atoms with Gasteiger partial charge in [0.05, 0.1) is 0 Å². The zero-order chi connectivity index (χ0) is 16.9. The van der Waals surface area contributed by atoms with Crippen LogP contribution in [-0.4, -0.2) is 46.3 Å². The zero-order valence-electron chi connectivity index (χ0n) is 13.4. The Morgan fingerprint density at radius 3 is 2.50 bits per heavy atom. The molecule has 3 rings (SSSR count). The lowest BCUT2D eigenvalue weighted by Crippen LogP contribution is -2.45. The van der Waals surface area contributed by atoms with Gasteiger partial charge in [-0.05, 0) is 31.7 Å². The van der Waals surface area contributed by atoms with Gasteiger partial charge < -0.3 is 10.1 Å². The van der Waals surface area contributed by atoms with Crippen molar-refractivity contribution in [3.05, 3.63) is 24.4 Å². The summed E-state index contributed by atoms with van der Waals surface area (Å²) >= 11 is 0. The number of aromatic nitrogens is 1. The number of rotatable bonds is 5. The molecule has 128 valence electrons. The van der Waals surface area contributed by atoms with E-state index in [0.29, 0.717) is 5.88 Å². The Bertz CT molecular complexity index is 596. The number of carbonyl (C=O) groups excluding carboxylic acids is 3. The first-order valence-corrected chi connectivity index (χ1v) is 8.32. The standard InChI is InChI=1S/C17H21N3O4/c21-14(11-20-16(22)8-9-17(20)23)19-12-4-6-13(7-5-12)24-15-3-1-2-10-18-15/h1-3,10,12-13H,4-9,11H2,(H,19,21). The van der Waals surface area contributed by atoms with Crippen molar-refractivity contribution in [3.63, 3.8) is 0 Å². The van der Waals surface area contributed by atoms with E-state index < -0.39 is 0 Å². The Balaban J connectivity index is 1.41. The van der Waals surface area contributed by atoms with Crippen molar-refractivity contribution in [1.82, 2.24) is 15.2 Å². The molecule has 1 aromatic heterocycles. The largest absolute Gasteiger partial charge is 0.474 e. The number of pyridine rings is 1. The molecule has 0 aromatic carbocycles. The van der Waals surface area contributed by atoms with Crippen LogP contribution in [0.4, 0.5) is 0 Å². The van der Waals surface area contributed by atoms with Gasteiger partial charge in [0.1, 0.15) is 12.6 Å². The van der Waals surface area contributed by atoms with Crippen molar-refractivity contribution < 1.29 is 19.1 Å². The van der Waals surface area contributed by atoms with Gasteiger partial charge in [-0.2, -0.15) is 0 Å². The number of nitrogens with zero attached hydrogens (tertiary/aromatic N) is 2. The van der Waals surface area contributed by atoms with Gasteiger partial charge in [0, 0.05) is 31.1 Å². The quantitative estimate of drug-likeness (QED) is 0.814. The van der Waals surface area contributed by atoms with Gasteiger partial charge >= 0.3 is 0 Å². The molecule has 1 N–H and O–H groups in total. The van der Waals surface area contributed by atoms with E-state index >= 15 is 0 Å². The summed E-state index contributed by atoms with van der Waals surface area (Å²) in [6.07, 6.45) is 5.52. The third kappa shape index (κ3) is 4.10. The van der Waals surface area contributed by atoms with E-state index in [4.69, 9.17) is 4.74 Å². The second kappa shape index (κ2) is 7.42. The Morgan fingerprint density at radius 1 is 1.17 bits per heavy atom. The van der Waals surface area contributed by atoms with Gasteiger partial charge in [-0.3, -0.25) is 19.3 Å². The molecule has 2 fully saturated rings. The van der Waals surface area contributed by atoms with E-state index in [9.17, 15) is 14.4 Å². The molecule has 7 heteroatoms. The fraction of sp³-hybridized carbons (Fsp3) is 0.529. The molecule has 0 atom stereocenters. The minimum Gasteiger partial charge on any atom is -0.474 e. The number of likely N-dealkylation sites (tertiary alicyclic amines) is 1. The van der Waals surface area contributed by atoms with Crippen LogP contribution in [-0.2, 0) is 14.4 Å². The minimum absolute atomic E-state index is 0.0638. The number of imide groups is 1. The van der Waals surface area contributed by atoms with Crippen LogP contribution in [0.15, 0.2) is 24.4 Å². The van der Waals surface area contributed by atoms with Crippen molar-refractivity contribution >= 4 is 17.7 Å². The van der Waals surface area contributed by atoms with Crippen molar-refractivity contribution in [3.8, 4) is 5.88 Å². The van der Waals surface area contributed by atoms with Crippen molar-refractivity contribution in [2.75, 3.05) is 6.54 Å². The van der Waals surface area contributed by atoms with Gasteiger partial charge in [0.15, 0.2) is 0 Å². The van der Waals surface area contributed by atoms with E-state index in [1.54, 1.807) is 6.20 Å². The monoisotopic (exact) mass is 331 g/mol. The molecule has 1 aliphatic carbocycles. The number of hydrogen-bond donors (Lipinski definition) is 1. The second-order valence-corrected chi connectivity index (χ2v) is 6.20. The highest BCUT2D eigenvalue weighted by molar-refractivity contribution is 6.04. The van der Waals surface area contributed by atoms with Crippen LogP contribution in [0.25, 0.3) is 0 Å². The van der Waals surface area contributed by atoms with Crippen LogP contribution < -0.4 is 10.1 Å². The first kappa shape index (κ1) is 16.4. The Kier molecular flexibility index (Phi) is 5.08. The molecular weight excluding hydrogens is 310 g/mol. The molecule has 24 heavy (non-hydrogen) atoms. The van der Waals surface area contributed by atoms with Gasteiger partial charge in [-0.25, -0.2) is 4.98 Å². The van der Waals surface area contributed by atoms with E-state index in [2.05, 4.69) is 10.3 Å². The lowest BCUT2D eigenvalue weighted by atomic mass is 9.93. The van der Waals surface area contributed by atoms with Crippen LogP contribution >= 0.6 is 0 Å². The summed E-state index contributed by atoms with van der Waals surface area (Å²) in [6.45, 7) is -0.165. The number of ether oxygens (including phenoxy) is 1. The summed E-state index contributed by atoms with van der Waals surface area (Å²) in [5, 5.41) is 2.92. The summed E-state index contributed by atoms with van der Waals surface area (Å²) < 4.78 is 5.82. The van der Waals surface area contributed by atoms with Crippen LogP contribution in [0.1, 0.15) is 38.5 Å². The number of carbonyl (C=O) groups is 3. The molecule has 1 saturated carbocycles. The van der Waals surface area contributed by atoms with Crippen molar-refractivity contribution in [2.45, 2.75) is 50.7 Å². The van der Waals surface area contributed by atoms with Crippen molar-refractivity contribution in [2.24, 2.45) is 0 Å². The molecule has 2 aliphatic rings. The maximum absolute atomic E-state index is 12.0. The smallest absolute Gasteiger partial charge is 0.240 e. The Hall–Kier alpha value is -2.44. The van der Waals surface area contributed by atoms with E-state index in [-0.39, 0.29) is 49.3 Å². The normalized spacial score (nSPS) is 24.1. The lowest BCUT2D eigenvalue weighted by molar-refractivity contribution is -0.142. The SMILES string of the molecule is O=C(CN1C(=O)CCC1=O)NC1CCC(Oc2ccccn2)CC1. The third-order valence-electron chi connectivity index (χ3n) is 4.42. The summed E-state index contributed by atoms with van der Waals surface area (Å²) in [4.78, 5) is 40.3. The predicted molar refractivity (Wildman–Crippen MR) is 85.0 cm³/mol. The van der Waals surface area contributed by atoms with Gasteiger partial charge in [-0.1, -0.05) is 6.07 Å². The summed E-state index contributed by atoms with van der Waals surface area (Å²) in [5.74, 6) is -0.172. The average Bonchev–Trinajstić information content (AvgIpc) is 2.89. The van der Waals surface area contributed by atoms with Crippen LogP contribution in [0.2, 0.25) is 0 Å². The molecular formula is C17H21N3O4. The Labute approximate surface area is 140 Å². The van der Waals surface area contributed by atoms with Gasteiger partial charge in [0.2, 0.25) is 23.6 Å². The topological polar surface area (TPSA) is 88.6 Å². The van der Waals surface area contributed by atoms with E-state index in [0.717, 1.165) is 30.6 Å². The third-order valence-corrected chi connectivity index (χ3v) is 4.42. The molecule has 0 radical (unpaired) electrons. The minimum atomic E-state index is -0.271. The maximum Gasteiger partial charge on any atom is 0.240 e. The molecule has 1 aliphatic heterocycles. The van der Waals surface area contributed by atoms with Crippen LogP contribution in [0.3, 0.4) is 0 Å². The summed E-state index contributed by atoms with van der Waals surface area (Å²) in [6, 6.07) is 5.62. The first-order chi connectivity index (χ1) is 11.6. The first-order valence-electron chi connectivity index (χ1n) is 8.32. The highest BCUT2D eigenvalue weighted by Gasteiger charge is 2.31. The average molecular weight is 331 g/mol. The highest BCUT2D eigenvalue weighted by atomic mass is 16.5. The Morgan fingerprint density at radius 2 is 1.88 bits per heavy atom. The number of hydrogen-bond acceptors (Lipinski definition) is 5. The number of nitrogens with one attached hydrogen (secondary N) is 1. The number of amides is 3. The summed E-state index contributed by atoms with van der Waals surface area (Å²) in [5.41, 5.74) is 0. The fourth-order valence-corrected chi connectivity index (χ4v) is 3.13. The molecule has 0 unspecified atom stereocenters. The van der Waals surface area contributed by atoms with E-state index in [1.165, 1.54) is 0 Å². The molecule has 7 nitrogen and oxygen atoms in total. The zero-order valence-corrected chi connectivity index (χ0v) is 13.4.